The molecule has 5 nitrogen and oxygen atoms in total. The third kappa shape index (κ3) is 2.47. The topological polar surface area (TPSA) is 69.6 Å². The Morgan fingerprint density at radius 1 is 1.25 bits per heavy atom. The molecule has 92 valence electrons. The summed E-state index contributed by atoms with van der Waals surface area (Å²) in [4.78, 5) is 24.4. The quantitative estimate of drug-likeness (QED) is 0.734. The average Bonchev–Trinajstić information content (AvgIpc) is 2.88. The van der Waals surface area contributed by atoms with Gasteiger partial charge in [-0.2, -0.15) is 0 Å². The van der Waals surface area contributed by atoms with E-state index < -0.39 is 12.0 Å². The molecule has 2 rings (SSSR count). The summed E-state index contributed by atoms with van der Waals surface area (Å²) in [5, 5.41) is 12.1. The molecule has 16 heavy (non-hydrogen) atoms. The van der Waals surface area contributed by atoms with Crippen LogP contribution in [0.1, 0.15) is 25.7 Å². The van der Waals surface area contributed by atoms with E-state index >= 15 is 0 Å². The van der Waals surface area contributed by atoms with E-state index in [0.29, 0.717) is 13.0 Å². The number of rotatable bonds is 2. The maximum atomic E-state index is 12.0. The lowest BCUT2D eigenvalue weighted by Crippen LogP contribution is -2.48. The second-order valence-electron chi connectivity index (χ2n) is 4.18. The van der Waals surface area contributed by atoms with Gasteiger partial charge in [-0.3, -0.25) is 4.79 Å². The van der Waals surface area contributed by atoms with Crippen molar-refractivity contribution < 1.29 is 14.7 Å². The highest BCUT2D eigenvalue weighted by Crippen LogP contribution is 2.20. The normalized spacial score (nSPS) is 28.9. The van der Waals surface area contributed by atoms with Crippen molar-refractivity contribution in [1.29, 1.82) is 0 Å². The molecule has 2 aliphatic rings. The molecule has 0 aromatic heterocycles. The minimum absolute atomic E-state index is 0. The molecular formula is C10H17ClN2O3. The standard InChI is InChI=1S/C10H16N2O3.ClH/c13-9(7-3-1-5-11-7)12-6-2-4-8(12)10(14)15;/h7-8,11H,1-6H2,(H,14,15);1H. The van der Waals surface area contributed by atoms with Crippen molar-refractivity contribution in [3.63, 3.8) is 0 Å². The molecule has 0 aliphatic carbocycles. The van der Waals surface area contributed by atoms with Crippen molar-refractivity contribution in [2.45, 2.75) is 37.8 Å². The molecule has 2 heterocycles. The Kier molecular flexibility index (Phi) is 4.56. The van der Waals surface area contributed by atoms with Crippen LogP contribution >= 0.6 is 12.4 Å². The van der Waals surface area contributed by atoms with Gasteiger partial charge in [0.25, 0.3) is 0 Å². The van der Waals surface area contributed by atoms with Crippen LogP contribution in [0, 0.1) is 0 Å². The van der Waals surface area contributed by atoms with Crippen LogP contribution in [-0.4, -0.2) is 47.1 Å². The van der Waals surface area contributed by atoms with Crippen molar-refractivity contribution in [1.82, 2.24) is 10.2 Å². The van der Waals surface area contributed by atoms with Gasteiger partial charge in [-0.1, -0.05) is 0 Å². The van der Waals surface area contributed by atoms with Gasteiger partial charge in [0.05, 0.1) is 6.04 Å². The number of carbonyl (C=O) groups excluding carboxylic acids is 1. The summed E-state index contributed by atoms with van der Waals surface area (Å²) in [5.41, 5.74) is 0. The van der Waals surface area contributed by atoms with Gasteiger partial charge in [0.15, 0.2) is 0 Å². The molecule has 2 atom stereocenters. The van der Waals surface area contributed by atoms with Gasteiger partial charge in [0, 0.05) is 6.54 Å². The number of nitrogens with zero attached hydrogens (tertiary/aromatic N) is 1. The Labute approximate surface area is 101 Å². The first-order valence-electron chi connectivity index (χ1n) is 5.47. The zero-order valence-corrected chi connectivity index (χ0v) is 9.83. The maximum Gasteiger partial charge on any atom is 0.326 e. The Morgan fingerprint density at radius 2 is 2.00 bits per heavy atom. The van der Waals surface area contributed by atoms with Crippen LogP contribution in [0.4, 0.5) is 0 Å². The first-order chi connectivity index (χ1) is 7.20. The molecule has 0 saturated carbocycles. The number of carboxylic acid groups (broad SMARTS) is 1. The van der Waals surface area contributed by atoms with Crippen LogP contribution in [0.15, 0.2) is 0 Å². The van der Waals surface area contributed by atoms with E-state index in [1.54, 1.807) is 0 Å². The summed E-state index contributed by atoms with van der Waals surface area (Å²) in [6.07, 6.45) is 3.23. The smallest absolute Gasteiger partial charge is 0.326 e. The molecule has 1 amide bonds. The van der Waals surface area contributed by atoms with Crippen LogP contribution in [0.2, 0.25) is 0 Å². The maximum absolute atomic E-state index is 12.0. The lowest BCUT2D eigenvalue weighted by atomic mass is 10.1. The summed E-state index contributed by atoms with van der Waals surface area (Å²) in [6.45, 7) is 1.45. The SMILES string of the molecule is Cl.O=C(O)C1CCCN1C(=O)C1CCCN1. The molecule has 0 spiro atoms. The number of amides is 1. The fourth-order valence-electron chi connectivity index (χ4n) is 2.38. The highest BCUT2D eigenvalue weighted by molar-refractivity contribution is 5.87. The van der Waals surface area contributed by atoms with E-state index in [2.05, 4.69) is 5.32 Å². The van der Waals surface area contributed by atoms with Gasteiger partial charge in [0.1, 0.15) is 6.04 Å². The Morgan fingerprint density at radius 3 is 2.56 bits per heavy atom. The van der Waals surface area contributed by atoms with Gasteiger partial charge in [-0.05, 0) is 32.2 Å². The van der Waals surface area contributed by atoms with E-state index in [9.17, 15) is 9.59 Å². The second kappa shape index (κ2) is 5.50. The molecule has 0 bridgehead atoms. The molecule has 0 radical (unpaired) electrons. The number of carbonyl (C=O) groups is 2. The summed E-state index contributed by atoms with van der Waals surface area (Å²) >= 11 is 0. The zero-order valence-electron chi connectivity index (χ0n) is 9.02. The van der Waals surface area contributed by atoms with E-state index in [-0.39, 0.29) is 24.4 Å². The van der Waals surface area contributed by atoms with Crippen LogP contribution in [-0.2, 0) is 9.59 Å². The first-order valence-corrected chi connectivity index (χ1v) is 5.47. The largest absolute Gasteiger partial charge is 0.480 e. The molecule has 2 fully saturated rings. The number of carboxylic acids is 1. The van der Waals surface area contributed by atoms with E-state index in [0.717, 1.165) is 25.8 Å². The van der Waals surface area contributed by atoms with Crippen LogP contribution in [0.3, 0.4) is 0 Å². The summed E-state index contributed by atoms with van der Waals surface area (Å²) in [6, 6.07) is -0.746. The monoisotopic (exact) mass is 248 g/mol. The highest BCUT2D eigenvalue weighted by atomic mass is 35.5. The van der Waals surface area contributed by atoms with E-state index in [4.69, 9.17) is 5.11 Å². The van der Waals surface area contributed by atoms with Crippen molar-refractivity contribution in [2.75, 3.05) is 13.1 Å². The number of hydrogen-bond acceptors (Lipinski definition) is 3. The fourth-order valence-corrected chi connectivity index (χ4v) is 2.38. The lowest BCUT2D eigenvalue weighted by Gasteiger charge is -2.24. The van der Waals surface area contributed by atoms with Crippen molar-refractivity contribution in [3.8, 4) is 0 Å². The van der Waals surface area contributed by atoms with E-state index in [1.807, 2.05) is 0 Å². The second-order valence-corrected chi connectivity index (χ2v) is 4.18. The third-order valence-electron chi connectivity index (χ3n) is 3.18. The molecular weight excluding hydrogens is 232 g/mol. The number of likely N-dealkylation sites (tertiary alicyclic amines) is 1. The number of nitrogens with one attached hydrogen (secondary N) is 1. The Bertz CT molecular complexity index is 279. The summed E-state index contributed by atoms with van der Waals surface area (Å²) < 4.78 is 0. The molecule has 2 saturated heterocycles. The van der Waals surface area contributed by atoms with Crippen LogP contribution in [0.5, 0.6) is 0 Å². The van der Waals surface area contributed by atoms with Crippen LogP contribution in [0.25, 0.3) is 0 Å². The minimum atomic E-state index is -0.876. The first kappa shape index (κ1) is 13.3. The van der Waals surface area contributed by atoms with Gasteiger partial charge >= 0.3 is 5.97 Å². The van der Waals surface area contributed by atoms with Gasteiger partial charge < -0.3 is 15.3 Å². The summed E-state index contributed by atoms with van der Waals surface area (Å²) in [7, 11) is 0. The van der Waals surface area contributed by atoms with Gasteiger partial charge in [0.2, 0.25) is 5.91 Å². The van der Waals surface area contributed by atoms with E-state index in [1.165, 1.54) is 4.90 Å². The predicted octanol–water partition coefficient (Wildman–Crippen LogP) is 0.236. The number of hydrogen-bond donors (Lipinski definition) is 2. The molecule has 0 aromatic carbocycles. The average molecular weight is 249 g/mol. The fraction of sp³-hybridized carbons (Fsp3) is 0.800. The van der Waals surface area contributed by atoms with Crippen LogP contribution < -0.4 is 5.32 Å². The van der Waals surface area contributed by atoms with Crippen molar-refractivity contribution >= 4 is 24.3 Å². The number of halogens is 1. The Balaban J connectivity index is 0.00000128. The molecule has 2 aliphatic heterocycles. The molecule has 2 unspecified atom stereocenters. The molecule has 0 aromatic rings. The zero-order chi connectivity index (χ0) is 10.8. The highest BCUT2D eigenvalue weighted by Gasteiger charge is 2.37. The predicted molar refractivity (Wildman–Crippen MR) is 60.6 cm³/mol. The minimum Gasteiger partial charge on any atom is -0.480 e. The summed E-state index contributed by atoms with van der Waals surface area (Å²) in [5.74, 6) is -0.906. The molecule has 2 N–H and O–H groups in total. The lowest BCUT2D eigenvalue weighted by molar-refractivity contribution is -0.148. The van der Waals surface area contributed by atoms with Crippen molar-refractivity contribution in [3.05, 3.63) is 0 Å². The Hall–Kier alpha value is -0.810. The number of aliphatic carboxylic acids is 1. The molecule has 6 heteroatoms. The van der Waals surface area contributed by atoms with Gasteiger partial charge in [-0.25, -0.2) is 4.79 Å². The third-order valence-corrected chi connectivity index (χ3v) is 3.18. The van der Waals surface area contributed by atoms with Gasteiger partial charge in [-0.15, -0.1) is 12.4 Å². The van der Waals surface area contributed by atoms with Crippen molar-refractivity contribution in [2.24, 2.45) is 0 Å².